The first-order valence-corrected chi connectivity index (χ1v) is 5.76. The summed E-state index contributed by atoms with van der Waals surface area (Å²) in [5.41, 5.74) is 0.344. The Bertz CT molecular complexity index is 640. The van der Waals surface area contributed by atoms with E-state index in [4.69, 9.17) is 0 Å². The van der Waals surface area contributed by atoms with Crippen LogP contribution in [0.3, 0.4) is 0 Å². The average Bonchev–Trinajstić information content (AvgIpc) is 2.92. The van der Waals surface area contributed by atoms with Crippen molar-refractivity contribution in [2.24, 2.45) is 0 Å². The fourth-order valence-electron chi connectivity index (χ4n) is 1.62. The summed E-state index contributed by atoms with van der Waals surface area (Å²) in [5, 5.41) is 19.7. The fraction of sp³-hybridized carbons (Fsp3) is 0.273. The predicted octanol–water partition coefficient (Wildman–Crippen LogP) is 0.907. The molecular formula is C11H12N6O3. The predicted molar refractivity (Wildman–Crippen MR) is 67.9 cm³/mol. The SMILES string of the molecule is Cc1ncc([N+](=O)[O-])cc1C(=O)N[C@H](C)c1ncn[nH]1. The van der Waals surface area contributed by atoms with Crippen LogP contribution >= 0.6 is 0 Å². The molecule has 20 heavy (non-hydrogen) atoms. The van der Waals surface area contributed by atoms with Crippen molar-refractivity contribution in [3.05, 3.63) is 45.8 Å². The van der Waals surface area contributed by atoms with E-state index in [9.17, 15) is 14.9 Å². The second-order valence-corrected chi connectivity index (χ2v) is 4.15. The van der Waals surface area contributed by atoms with Gasteiger partial charge in [-0.15, -0.1) is 0 Å². The zero-order chi connectivity index (χ0) is 14.7. The molecule has 0 spiro atoms. The molecule has 0 aliphatic heterocycles. The maximum atomic E-state index is 12.1. The third-order valence-electron chi connectivity index (χ3n) is 2.72. The largest absolute Gasteiger partial charge is 0.342 e. The topological polar surface area (TPSA) is 127 Å². The number of rotatable bonds is 4. The van der Waals surface area contributed by atoms with Crippen LogP contribution in [-0.4, -0.2) is 31.0 Å². The number of carbonyl (C=O) groups excluding carboxylic acids is 1. The third kappa shape index (κ3) is 2.76. The number of pyridine rings is 1. The van der Waals surface area contributed by atoms with E-state index < -0.39 is 16.9 Å². The number of carbonyl (C=O) groups is 1. The Morgan fingerprint density at radius 2 is 2.25 bits per heavy atom. The van der Waals surface area contributed by atoms with Gasteiger partial charge in [0.05, 0.1) is 22.2 Å². The summed E-state index contributed by atoms with van der Waals surface area (Å²) in [6.45, 7) is 3.33. The van der Waals surface area contributed by atoms with E-state index in [-0.39, 0.29) is 11.3 Å². The number of nitro groups is 1. The van der Waals surface area contributed by atoms with Crippen LogP contribution in [0.25, 0.3) is 0 Å². The van der Waals surface area contributed by atoms with Crippen LogP contribution in [0.5, 0.6) is 0 Å². The molecule has 9 heteroatoms. The first-order chi connectivity index (χ1) is 9.49. The van der Waals surface area contributed by atoms with Crippen LogP contribution in [0, 0.1) is 17.0 Å². The van der Waals surface area contributed by atoms with Crippen LogP contribution in [0.2, 0.25) is 0 Å². The molecule has 0 radical (unpaired) electrons. The van der Waals surface area contributed by atoms with E-state index in [1.165, 1.54) is 12.4 Å². The maximum absolute atomic E-state index is 12.1. The van der Waals surface area contributed by atoms with Gasteiger partial charge in [0.15, 0.2) is 0 Å². The van der Waals surface area contributed by atoms with Crippen molar-refractivity contribution in [2.45, 2.75) is 19.9 Å². The van der Waals surface area contributed by atoms with Crippen molar-refractivity contribution in [3.63, 3.8) is 0 Å². The normalized spacial score (nSPS) is 11.9. The molecule has 0 aliphatic carbocycles. The molecule has 0 bridgehead atoms. The second-order valence-electron chi connectivity index (χ2n) is 4.15. The van der Waals surface area contributed by atoms with Crippen LogP contribution in [0.15, 0.2) is 18.6 Å². The summed E-state index contributed by atoms with van der Waals surface area (Å²) in [6, 6.07) is 0.800. The summed E-state index contributed by atoms with van der Waals surface area (Å²) >= 11 is 0. The smallest absolute Gasteiger partial charge is 0.288 e. The Kier molecular flexibility index (Phi) is 3.69. The van der Waals surface area contributed by atoms with Crippen LogP contribution < -0.4 is 5.32 Å². The van der Waals surface area contributed by atoms with Crippen LogP contribution in [0.1, 0.15) is 34.8 Å². The summed E-state index contributed by atoms with van der Waals surface area (Å²) in [7, 11) is 0. The molecule has 1 amide bonds. The van der Waals surface area contributed by atoms with Gasteiger partial charge in [-0.05, 0) is 13.8 Å². The highest BCUT2D eigenvalue weighted by atomic mass is 16.6. The van der Waals surface area contributed by atoms with E-state index in [1.54, 1.807) is 13.8 Å². The van der Waals surface area contributed by atoms with Gasteiger partial charge in [-0.2, -0.15) is 5.10 Å². The van der Waals surface area contributed by atoms with Gasteiger partial charge in [0.1, 0.15) is 18.3 Å². The zero-order valence-electron chi connectivity index (χ0n) is 10.8. The monoisotopic (exact) mass is 276 g/mol. The van der Waals surface area contributed by atoms with Crippen LogP contribution in [-0.2, 0) is 0 Å². The van der Waals surface area contributed by atoms with Crippen molar-refractivity contribution in [2.75, 3.05) is 0 Å². The third-order valence-corrected chi connectivity index (χ3v) is 2.72. The molecule has 0 aromatic carbocycles. The van der Waals surface area contributed by atoms with Gasteiger partial charge < -0.3 is 5.32 Å². The number of H-pyrrole nitrogens is 1. The van der Waals surface area contributed by atoms with Gasteiger partial charge in [-0.25, -0.2) is 4.98 Å². The molecule has 0 saturated heterocycles. The Balaban J connectivity index is 2.20. The lowest BCUT2D eigenvalue weighted by molar-refractivity contribution is -0.385. The van der Waals surface area contributed by atoms with E-state index >= 15 is 0 Å². The highest BCUT2D eigenvalue weighted by molar-refractivity contribution is 5.95. The molecule has 1 atom stereocenters. The number of amides is 1. The Morgan fingerprint density at radius 1 is 1.50 bits per heavy atom. The highest BCUT2D eigenvalue weighted by Gasteiger charge is 2.18. The molecule has 9 nitrogen and oxygen atoms in total. The van der Waals surface area contributed by atoms with Crippen molar-refractivity contribution < 1.29 is 9.72 Å². The minimum Gasteiger partial charge on any atom is -0.342 e. The highest BCUT2D eigenvalue weighted by Crippen LogP contribution is 2.16. The van der Waals surface area contributed by atoms with Gasteiger partial charge in [-0.3, -0.25) is 25.0 Å². The second kappa shape index (κ2) is 5.43. The van der Waals surface area contributed by atoms with Gasteiger partial charge in [0.2, 0.25) is 0 Å². The van der Waals surface area contributed by atoms with Crippen molar-refractivity contribution in [3.8, 4) is 0 Å². The van der Waals surface area contributed by atoms with E-state index in [0.29, 0.717) is 11.5 Å². The fourth-order valence-corrected chi connectivity index (χ4v) is 1.62. The van der Waals surface area contributed by atoms with Crippen LogP contribution in [0.4, 0.5) is 5.69 Å². The average molecular weight is 276 g/mol. The molecule has 2 rings (SSSR count). The van der Waals surface area contributed by atoms with Gasteiger partial charge in [-0.1, -0.05) is 0 Å². The molecule has 2 aromatic heterocycles. The first kappa shape index (κ1) is 13.6. The van der Waals surface area contributed by atoms with E-state index in [0.717, 1.165) is 6.20 Å². The lowest BCUT2D eigenvalue weighted by Crippen LogP contribution is -2.28. The van der Waals surface area contributed by atoms with Crippen molar-refractivity contribution >= 4 is 11.6 Å². The number of aromatic amines is 1. The molecule has 2 heterocycles. The lowest BCUT2D eigenvalue weighted by atomic mass is 10.1. The molecule has 0 aliphatic rings. The number of nitrogens with one attached hydrogen (secondary N) is 2. The van der Waals surface area contributed by atoms with E-state index in [1.807, 2.05) is 0 Å². The Hall–Kier alpha value is -2.84. The van der Waals surface area contributed by atoms with E-state index in [2.05, 4.69) is 25.5 Å². The summed E-state index contributed by atoms with van der Waals surface area (Å²) in [4.78, 5) is 30.0. The molecular weight excluding hydrogens is 264 g/mol. The first-order valence-electron chi connectivity index (χ1n) is 5.76. The number of aryl methyl sites for hydroxylation is 1. The summed E-state index contributed by atoms with van der Waals surface area (Å²) < 4.78 is 0. The Labute approximate surface area is 113 Å². The minimum absolute atomic E-state index is 0.158. The molecule has 0 saturated carbocycles. The minimum atomic E-state index is -0.594. The lowest BCUT2D eigenvalue weighted by Gasteiger charge is -2.11. The van der Waals surface area contributed by atoms with Crippen molar-refractivity contribution in [1.82, 2.24) is 25.5 Å². The molecule has 2 N–H and O–H groups in total. The summed E-state index contributed by atoms with van der Waals surface area (Å²) in [6.07, 6.45) is 2.45. The molecule has 0 fully saturated rings. The Morgan fingerprint density at radius 3 is 2.85 bits per heavy atom. The zero-order valence-corrected chi connectivity index (χ0v) is 10.8. The van der Waals surface area contributed by atoms with Gasteiger partial charge in [0.25, 0.3) is 11.6 Å². The standard InChI is InChI=1S/C11H12N6O3/c1-6-9(3-8(4-12-6)17(19)20)11(18)15-7(2)10-13-5-14-16-10/h3-5,7H,1-2H3,(H,15,18)(H,13,14,16)/t7-/m1/s1. The quantitative estimate of drug-likeness (QED) is 0.631. The van der Waals surface area contributed by atoms with Gasteiger partial charge >= 0.3 is 0 Å². The van der Waals surface area contributed by atoms with Crippen molar-refractivity contribution in [1.29, 1.82) is 0 Å². The summed E-state index contributed by atoms with van der Waals surface area (Å²) in [5.74, 6) is 0.0389. The number of aromatic nitrogens is 4. The molecule has 2 aromatic rings. The number of hydrogen-bond acceptors (Lipinski definition) is 6. The number of hydrogen-bond donors (Lipinski definition) is 2. The van der Waals surface area contributed by atoms with Gasteiger partial charge in [0, 0.05) is 6.07 Å². The molecule has 104 valence electrons. The maximum Gasteiger partial charge on any atom is 0.288 e. The molecule has 0 unspecified atom stereocenters. The number of nitrogens with zero attached hydrogens (tertiary/aromatic N) is 4.